The molecular weight excluding hydrogens is 210 g/mol. The maximum Gasteiger partial charge on any atom is 0.440 e. The molecule has 0 spiro atoms. The van der Waals surface area contributed by atoms with Gasteiger partial charge in [-0.15, -0.1) is 5.10 Å². The van der Waals surface area contributed by atoms with Crippen LogP contribution in [-0.4, -0.2) is 42.8 Å². The quantitative estimate of drug-likeness (QED) is 0.391. The number of hydrogen-bond donors (Lipinski definition) is 1. The van der Waals surface area contributed by atoms with Crippen molar-refractivity contribution in [1.82, 2.24) is 5.01 Å². The van der Waals surface area contributed by atoms with Gasteiger partial charge in [-0.2, -0.15) is 0 Å². The lowest BCUT2D eigenvalue weighted by atomic mass is 10.9. The third-order valence-electron chi connectivity index (χ3n) is 1.10. The summed E-state index contributed by atoms with van der Waals surface area (Å²) < 4.78 is 8.59. The lowest BCUT2D eigenvalue weighted by Gasteiger charge is -2.11. The molecule has 0 atom stereocenters. The van der Waals surface area contributed by atoms with Crippen molar-refractivity contribution in [2.75, 3.05) is 20.5 Å². The highest BCUT2D eigenvalue weighted by Gasteiger charge is 2.23. The lowest BCUT2D eigenvalue weighted by molar-refractivity contribution is 0.0998. The number of carbonyl (C=O) groups excluding carboxylic acids is 2. The largest absolute Gasteiger partial charge is 0.451 e. The molecule has 2 amide bonds. The van der Waals surface area contributed by atoms with Gasteiger partial charge in [-0.25, -0.2) is 9.59 Å². The number of amidine groups is 1. The fourth-order valence-electron chi connectivity index (χ4n) is 0.469. The van der Waals surface area contributed by atoms with E-state index in [1.165, 1.54) is 0 Å². The summed E-state index contributed by atoms with van der Waals surface area (Å²) in [7, 11) is 2.23. The minimum absolute atomic E-state index is 0.0424. The first-order valence-electron chi connectivity index (χ1n) is 3.40. The van der Waals surface area contributed by atoms with Gasteiger partial charge in [0.2, 0.25) is 0 Å². The molecule has 0 heterocycles. The van der Waals surface area contributed by atoms with Crippen LogP contribution in [0.5, 0.6) is 0 Å². The maximum absolute atomic E-state index is 11.0. The van der Waals surface area contributed by atoms with E-state index in [-0.39, 0.29) is 5.17 Å². The second-order valence-electron chi connectivity index (χ2n) is 1.89. The van der Waals surface area contributed by atoms with Crippen LogP contribution < -0.4 is 5.73 Å². The van der Waals surface area contributed by atoms with Crippen LogP contribution in [0.15, 0.2) is 5.10 Å². The smallest absolute Gasteiger partial charge is 0.440 e. The van der Waals surface area contributed by atoms with Gasteiger partial charge >= 0.3 is 12.2 Å². The number of nitrogens with two attached hydrogens (primary N) is 1. The number of methoxy groups -OCH3 is 2. The van der Waals surface area contributed by atoms with E-state index in [0.717, 1.165) is 26.0 Å². The summed E-state index contributed by atoms with van der Waals surface area (Å²) in [6.45, 7) is 0. The van der Waals surface area contributed by atoms with E-state index in [1.54, 1.807) is 6.26 Å². The first kappa shape index (κ1) is 12.6. The topological polar surface area (TPSA) is 94.2 Å². The molecule has 8 heteroatoms. The monoisotopic (exact) mass is 221 g/mol. The summed E-state index contributed by atoms with van der Waals surface area (Å²) in [5.74, 6) is 0. The number of hydrazone groups is 1. The summed E-state index contributed by atoms with van der Waals surface area (Å²) in [5.41, 5.74) is 5.31. The third kappa shape index (κ3) is 3.52. The van der Waals surface area contributed by atoms with E-state index in [1.807, 2.05) is 0 Å². The summed E-state index contributed by atoms with van der Waals surface area (Å²) >= 11 is 1.08. The van der Waals surface area contributed by atoms with Crippen molar-refractivity contribution in [3.8, 4) is 0 Å². The minimum atomic E-state index is -0.964. The molecule has 0 aromatic heterocycles. The molecule has 0 bridgehead atoms. The van der Waals surface area contributed by atoms with Crippen LogP contribution in [0.3, 0.4) is 0 Å². The van der Waals surface area contributed by atoms with E-state index in [9.17, 15) is 9.59 Å². The van der Waals surface area contributed by atoms with Crippen LogP contribution in [0, 0.1) is 0 Å². The maximum atomic E-state index is 11.0. The lowest BCUT2D eigenvalue weighted by Crippen LogP contribution is -2.34. The Balaban J connectivity index is 4.73. The average Bonchev–Trinajstić information content (AvgIpc) is 2.23. The molecule has 0 aromatic carbocycles. The Kier molecular flexibility index (Phi) is 5.46. The van der Waals surface area contributed by atoms with E-state index in [4.69, 9.17) is 5.73 Å². The summed E-state index contributed by atoms with van der Waals surface area (Å²) in [6, 6.07) is 0. The fourth-order valence-corrected chi connectivity index (χ4v) is 0.632. The standard InChI is InChI=1S/C6H11N3O4S/c1-12-5(10)9(6(11)13-2)8-4(7)14-3/h1-3H3,(H2,7,8). The van der Waals surface area contributed by atoms with Crippen molar-refractivity contribution in [2.45, 2.75) is 0 Å². The van der Waals surface area contributed by atoms with Crippen LogP contribution in [0.1, 0.15) is 0 Å². The summed E-state index contributed by atoms with van der Waals surface area (Å²) in [6.07, 6.45) is -0.284. The summed E-state index contributed by atoms with van der Waals surface area (Å²) in [4.78, 5) is 22.0. The average molecular weight is 221 g/mol. The van der Waals surface area contributed by atoms with Crippen molar-refractivity contribution >= 4 is 29.1 Å². The number of imide groups is 1. The molecule has 80 valence electrons. The van der Waals surface area contributed by atoms with Gasteiger partial charge < -0.3 is 15.2 Å². The number of rotatable bonds is 1. The second kappa shape index (κ2) is 6.08. The molecular formula is C6H11N3O4S. The van der Waals surface area contributed by atoms with Gasteiger partial charge in [-0.05, 0) is 6.26 Å². The van der Waals surface area contributed by atoms with Gasteiger partial charge in [-0.3, -0.25) is 0 Å². The normalized spacial score (nSPS) is 10.6. The SMILES string of the molecule is COC(=O)N(N=C(N)SC)C(=O)OC. The minimum Gasteiger partial charge on any atom is -0.451 e. The van der Waals surface area contributed by atoms with Crippen LogP contribution in [0.25, 0.3) is 0 Å². The molecule has 0 aliphatic heterocycles. The molecule has 14 heavy (non-hydrogen) atoms. The number of carbonyl (C=O) groups is 2. The van der Waals surface area contributed by atoms with Crippen molar-refractivity contribution in [1.29, 1.82) is 0 Å². The van der Waals surface area contributed by atoms with Crippen LogP contribution in [0.2, 0.25) is 0 Å². The van der Waals surface area contributed by atoms with E-state index in [0.29, 0.717) is 5.01 Å². The zero-order valence-corrected chi connectivity index (χ0v) is 8.83. The summed E-state index contributed by atoms with van der Waals surface area (Å²) in [5, 5.41) is 3.92. The molecule has 7 nitrogen and oxygen atoms in total. The van der Waals surface area contributed by atoms with Crippen LogP contribution in [0.4, 0.5) is 9.59 Å². The van der Waals surface area contributed by atoms with Crippen LogP contribution >= 0.6 is 11.8 Å². The fraction of sp³-hybridized carbons (Fsp3) is 0.500. The zero-order valence-electron chi connectivity index (χ0n) is 8.01. The van der Waals surface area contributed by atoms with E-state index < -0.39 is 12.2 Å². The molecule has 0 rings (SSSR count). The predicted octanol–water partition coefficient (Wildman–Crippen LogP) is 0.414. The van der Waals surface area contributed by atoms with E-state index in [2.05, 4.69) is 14.6 Å². The number of nitrogens with zero attached hydrogens (tertiary/aromatic N) is 2. The molecule has 0 saturated heterocycles. The highest BCUT2D eigenvalue weighted by Crippen LogP contribution is 2.01. The first-order chi connectivity index (χ1) is 6.56. The highest BCUT2D eigenvalue weighted by molar-refractivity contribution is 8.13. The molecule has 0 aliphatic rings. The zero-order chi connectivity index (χ0) is 11.1. The predicted molar refractivity (Wildman–Crippen MR) is 51.8 cm³/mol. The Morgan fingerprint density at radius 3 is 2.00 bits per heavy atom. The molecule has 0 saturated carbocycles. The molecule has 0 aromatic rings. The van der Waals surface area contributed by atoms with Gasteiger partial charge in [0.25, 0.3) is 0 Å². The molecule has 0 unspecified atom stereocenters. The van der Waals surface area contributed by atoms with Gasteiger partial charge in [0.05, 0.1) is 14.2 Å². The number of ether oxygens (including phenoxy) is 2. The van der Waals surface area contributed by atoms with Gasteiger partial charge in [0.1, 0.15) is 0 Å². The van der Waals surface area contributed by atoms with Crippen molar-refractivity contribution in [3.05, 3.63) is 0 Å². The van der Waals surface area contributed by atoms with Gasteiger partial charge in [0, 0.05) is 0 Å². The second-order valence-corrected chi connectivity index (χ2v) is 2.72. The third-order valence-corrected chi connectivity index (χ3v) is 1.60. The number of amides is 2. The van der Waals surface area contributed by atoms with Crippen molar-refractivity contribution in [2.24, 2.45) is 10.8 Å². The molecule has 0 aliphatic carbocycles. The van der Waals surface area contributed by atoms with Gasteiger partial charge in [0.15, 0.2) is 5.17 Å². The molecule has 2 N–H and O–H groups in total. The van der Waals surface area contributed by atoms with Crippen molar-refractivity contribution < 1.29 is 19.1 Å². The Bertz CT molecular complexity index is 239. The Morgan fingerprint density at radius 2 is 1.71 bits per heavy atom. The Morgan fingerprint density at radius 1 is 1.29 bits per heavy atom. The Hall–Kier alpha value is -1.44. The first-order valence-corrected chi connectivity index (χ1v) is 4.63. The number of hydrogen-bond acceptors (Lipinski definition) is 6. The van der Waals surface area contributed by atoms with Crippen LogP contribution in [-0.2, 0) is 9.47 Å². The Labute approximate surface area is 85.2 Å². The number of thioether (sulfide) groups is 1. The van der Waals surface area contributed by atoms with E-state index >= 15 is 0 Å². The van der Waals surface area contributed by atoms with Gasteiger partial charge in [-0.1, -0.05) is 16.8 Å². The molecule has 0 radical (unpaired) electrons. The van der Waals surface area contributed by atoms with Crippen molar-refractivity contribution in [3.63, 3.8) is 0 Å². The molecule has 0 fully saturated rings. The highest BCUT2D eigenvalue weighted by atomic mass is 32.2.